The van der Waals surface area contributed by atoms with E-state index in [2.05, 4.69) is 5.32 Å². The number of nitrogens with one attached hydrogen (secondary N) is 1. The molecule has 5 heteroatoms. The van der Waals surface area contributed by atoms with Crippen LogP contribution in [0.4, 0.5) is 4.79 Å². The molecule has 1 atom stereocenters. The minimum absolute atomic E-state index is 0.186. The molecule has 1 N–H and O–H groups in total. The number of likely N-dealkylation sites (tertiary alicyclic amines) is 1. The number of hydrogen-bond donors (Lipinski definition) is 1. The monoisotopic (exact) mass is 270 g/mol. The first-order valence-electron chi connectivity index (χ1n) is 7.26. The van der Waals surface area contributed by atoms with Crippen LogP contribution < -0.4 is 5.32 Å². The number of hydrogen-bond acceptors (Lipinski definition) is 4. The van der Waals surface area contributed by atoms with Gasteiger partial charge in [-0.25, -0.2) is 4.79 Å². The van der Waals surface area contributed by atoms with Crippen molar-refractivity contribution in [3.8, 4) is 0 Å². The standard InChI is InChI=1S/C14H26N2O3/c1-14(2,3)19-13(17)16-7-4-11(5-8-16)12-10-15-6-9-18-12/h11-12,15H,4-10H2,1-3H3. The molecule has 1 unspecified atom stereocenters. The Bertz CT molecular complexity index is 300. The van der Waals surface area contributed by atoms with E-state index in [0.29, 0.717) is 12.0 Å². The quantitative estimate of drug-likeness (QED) is 0.786. The Morgan fingerprint density at radius 2 is 2.00 bits per heavy atom. The molecule has 110 valence electrons. The van der Waals surface area contributed by atoms with Crippen molar-refractivity contribution in [1.82, 2.24) is 10.2 Å². The lowest BCUT2D eigenvalue weighted by molar-refractivity contribution is -0.0318. The summed E-state index contributed by atoms with van der Waals surface area (Å²) >= 11 is 0. The van der Waals surface area contributed by atoms with E-state index in [1.165, 1.54) is 0 Å². The highest BCUT2D eigenvalue weighted by molar-refractivity contribution is 5.68. The summed E-state index contributed by atoms with van der Waals surface area (Å²) in [5.41, 5.74) is -0.412. The van der Waals surface area contributed by atoms with Gasteiger partial charge in [-0.3, -0.25) is 0 Å². The first-order valence-corrected chi connectivity index (χ1v) is 7.26. The number of ether oxygens (including phenoxy) is 2. The van der Waals surface area contributed by atoms with Gasteiger partial charge in [0.05, 0.1) is 12.7 Å². The van der Waals surface area contributed by atoms with Gasteiger partial charge in [-0.05, 0) is 39.5 Å². The summed E-state index contributed by atoms with van der Waals surface area (Å²) in [4.78, 5) is 13.8. The summed E-state index contributed by atoms with van der Waals surface area (Å²) in [5.74, 6) is 0.562. The molecule has 2 aliphatic heterocycles. The molecule has 0 aromatic carbocycles. The summed E-state index contributed by atoms with van der Waals surface area (Å²) in [6, 6.07) is 0. The Labute approximate surface area is 115 Å². The molecule has 0 radical (unpaired) electrons. The van der Waals surface area contributed by atoms with Crippen molar-refractivity contribution >= 4 is 6.09 Å². The molecule has 0 aliphatic carbocycles. The van der Waals surface area contributed by atoms with E-state index in [1.54, 1.807) is 0 Å². The van der Waals surface area contributed by atoms with Gasteiger partial charge in [-0.2, -0.15) is 0 Å². The number of rotatable bonds is 1. The smallest absolute Gasteiger partial charge is 0.410 e. The first-order chi connectivity index (χ1) is 8.96. The maximum Gasteiger partial charge on any atom is 0.410 e. The van der Waals surface area contributed by atoms with Gasteiger partial charge in [0.15, 0.2) is 0 Å². The van der Waals surface area contributed by atoms with E-state index >= 15 is 0 Å². The summed E-state index contributed by atoms with van der Waals surface area (Å²) in [5, 5.41) is 3.37. The molecular weight excluding hydrogens is 244 g/mol. The van der Waals surface area contributed by atoms with E-state index in [-0.39, 0.29) is 6.09 Å². The van der Waals surface area contributed by atoms with Crippen LogP contribution in [-0.2, 0) is 9.47 Å². The summed E-state index contributed by atoms with van der Waals surface area (Å²) in [7, 11) is 0. The molecule has 1 amide bonds. The summed E-state index contributed by atoms with van der Waals surface area (Å²) in [6.45, 7) is 9.96. The van der Waals surface area contributed by atoms with Crippen LogP contribution in [0.2, 0.25) is 0 Å². The lowest BCUT2D eigenvalue weighted by Gasteiger charge is -2.38. The number of nitrogens with zero attached hydrogens (tertiary/aromatic N) is 1. The van der Waals surface area contributed by atoms with Crippen molar-refractivity contribution in [1.29, 1.82) is 0 Å². The lowest BCUT2D eigenvalue weighted by Crippen LogP contribution is -2.48. The second kappa shape index (κ2) is 6.09. The Morgan fingerprint density at radius 3 is 2.53 bits per heavy atom. The Morgan fingerprint density at radius 1 is 1.32 bits per heavy atom. The van der Waals surface area contributed by atoms with E-state index in [9.17, 15) is 4.79 Å². The van der Waals surface area contributed by atoms with Crippen LogP contribution in [0, 0.1) is 5.92 Å². The minimum atomic E-state index is -0.412. The van der Waals surface area contributed by atoms with Gasteiger partial charge in [0.2, 0.25) is 0 Å². The van der Waals surface area contributed by atoms with Crippen molar-refractivity contribution in [3.63, 3.8) is 0 Å². The maximum absolute atomic E-state index is 12.0. The van der Waals surface area contributed by atoms with Crippen LogP contribution in [0.25, 0.3) is 0 Å². The third-order valence-electron chi connectivity index (χ3n) is 3.67. The summed E-state index contributed by atoms with van der Waals surface area (Å²) in [6.07, 6.45) is 2.14. The van der Waals surface area contributed by atoms with Crippen LogP contribution in [0.15, 0.2) is 0 Å². The first kappa shape index (κ1) is 14.6. The Hall–Kier alpha value is -0.810. The predicted molar refractivity (Wildman–Crippen MR) is 73.1 cm³/mol. The lowest BCUT2D eigenvalue weighted by atomic mass is 9.91. The molecule has 19 heavy (non-hydrogen) atoms. The molecule has 2 saturated heterocycles. The molecule has 2 aliphatic rings. The largest absolute Gasteiger partial charge is 0.444 e. The van der Waals surface area contributed by atoms with Gasteiger partial charge >= 0.3 is 6.09 Å². The third kappa shape index (κ3) is 4.35. The van der Waals surface area contributed by atoms with Crippen molar-refractivity contribution in [2.24, 2.45) is 5.92 Å². The Kier molecular flexibility index (Phi) is 4.68. The molecular formula is C14H26N2O3. The van der Waals surface area contributed by atoms with Crippen LogP contribution >= 0.6 is 0 Å². The summed E-state index contributed by atoms with van der Waals surface area (Å²) < 4.78 is 11.2. The van der Waals surface area contributed by atoms with Crippen LogP contribution in [0.5, 0.6) is 0 Å². The van der Waals surface area contributed by atoms with Gasteiger partial charge in [0.1, 0.15) is 5.60 Å². The van der Waals surface area contributed by atoms with E-state index in [0.717, 1.165) is 45.6 Å². The second-order valence-corrected chi connectivity index (χ2v) is 6.42. The number of piperidine rings is 1. The van der Waals surface area contributed by atoms with Gasteiger partial charge in [0, 0.05) is 26.2 Å². The number of morpholine rings is 1. The predicted octanol–water partition coefficient (Wildman–Crippen LogP) is 1.62. The molecule has 0 aromatic heterocycles. The molecule has 0 bridgehead atoms. The fourth-order valence-corrected chi connectivity index (χ4v) is 2.67. The molecule has 2 rings (SSSR count). The second-order valence-electron chi connectivity index (χ2n) is 6.42. The van der Waals surface area contributed by atoms with Crippen molar-refractivity contribution in [3.05, 3.63) is 0 Å². The van der Waals surface area contributed by atoms with Crippen molar-refractivity contribution in [2.75, 3.05) is 32.8 Å². The average molecular weight is 270 g/mol. The minimum Gasteiger partial charge on any atom is -0.444 e. The maximum atomic E-state index is 12.0. The highest BCUT2D eigenvalue weighted by atomic mass is 16.6. The number of carbonyl (C=O) groups excluding carboxylic acids is 1. The molecule has 0 saturated carbocycles. The fourth-order valence-electron chi connectivity index (χ4n) is 2.67. The van der Waals surface area contributed by atoms with Crippen LogP contribution in [0.1, 0.15) is 33.6 Å². The molecule has 2 heterocycles. The van der Waals surface area contributed by atoms with Gasteiger partial charge in [0.25, 0.3) is 0 Å². The van der Waals surface area contributed by atoms with Gasteiger partial charge in [-0.1, -0.05) is 0 Å². The number of carbonyl (C=O) groups is 1. The average Bonchev–Trinajstić information content (AvgIpc) is 2.38. The topological polar surface area (TPSA) is 50.8 Å². The van der Waals surface area contributed by atoms with E-state index in [1.807, 2.05) is 25.7 Å². The van der Waals surface area contributed by atoms with Crippen molar-refractivity contribution < 1.29 is 14.3 Å². The Balaban J connectivity index is 1.77. The third-order valence-corrected chi connectivity index (χ3v) is 3.67. The van der Waals surface area contributed by atoms with Crippen molar-refractivity contribution in [2.45, 2.75) is 45.3 Å². The zero-order chi connectivity index (χ0) is 13.9. The van der Waals surface area contributed by atoms with Crippen LogP contribution in [-0.4, -0.2) is 55.5 Å². The fraction of sp³-hybridized carbons (Fsp3) is 0.929. The normalized spacial score (nSPS) is 26.3. The molecule has 2 fully saturated rings. The SMILES string of the molecule is CC(C)(C)OC(=O)N1CCC(C2CNCCO2)CC1. The zero-order valence-electron chi connectivity index (χ0n) is 12.3. The van der Waals surface area contributed by atoms with Crippen LogP contribution in [0.3, 0.4) is 0 Å². The molecule has 0 aromatic rings. The van der Waals surface area contributed by atoms with E-state index in [4.69, 9.17) is 9.47 Å². The number of amides is 1. The zero-order valence-corrected chi connectivity index (χ0v) is 12.3. The highest BCUT2D eigenvalue weighted by Crippen LogP contribution is 2.24. The highest BCUT2D eigenvalue weighted by Gasteiger charge is 2.31. The van der Waals surface area contributed by atoms with Gasteiger partial charge in [-0.15, -0.1) is 0 Å². The molecule has 5 nitrogen and oxygen atoms in total. The van der Waals surface area contributed by atoms with E-state index < -0.39 is 5.60 Å². The van der Waals surface area contributed by atoms with Gasteiger partial charge < -0.3 is 19.7 Å². The molecule has 0 spiro atoms.